The van der Waals surface area contributed by atoms with Gasteiger partial charge >= 0.3 is 0 Å². The average Bonchev–Trinajstić information content (AvgIpc) is 2.75. The smallest absolute Gasteiger partial charge is 0.217 e. The Morgan fingerprint density at radius 3 is 2.10 bits per heavy atom. The molecule has 1 heterocycles. The molecular formula is C22H24N2O5. The summed E-state index contributed by atoms with van der Waals surface area (Å²) in [6, 6.07) is 10.7. The standard InChI is InChI=1S/C22H24N2O5/c1-13(25)24-21(15-6-7-17(26-2)18(11-15)27-3)22-16-12-20(29-5)19(28-4)10-14(16)8-9-23-22/h6-12,21H,1-5H3,(H,24,25)/t21-/m1/s1. The lowest BCUT2D eigenvalue weighted by Gasteiger charge is -2.21. The first-order chi connectivity index (χ1) is 14.0. The van der Waals surface area contributed by atoms with Crippen molar-refractivity contribution in [2.75, 3.05) is 28.4 Å². The Labute approximate surface area is 169 Å². The second kappa shape index (κ2) is 8.68. The molecule has 0 radical (unpaired) electrons. The molecular weight excluding hydrogens is 372 g/mol. The summed E-state index contributed by atoms with van der Waals surface area (Å²) in [4.78, 5) is 16.6. The molecule has 0 unspecified atom stereocenters. The highest BCUT2D eigenvalue weighted by Crippen LogP contribution is 2.37. The number of pyridine rings is 1. The zero-order chi connectivity index (χ0) is 21.0. The predicted octanol–water partition coefficient (Wildman–Crippen LogP) is 3.49. The first-order valence-corrected chi connectivity index (χ1v) is 9.02. The van der Waals surface area contributed by atoms with Gasteiger partial charge in [0.1, 0.15) is 0 Å². The van der Waals surface area contributed by atoms with Gasteiger partial charge in [0.25, 0.3) is 0 Å². The van der Waals surface area contributed by atoms with Gasteiger partial charge in [0.05, 0.1) is 40.2 Å². The van der Waals surface area contributed by atoms with Crippen LogP contribution < -0.4 is 24.3 Å². The Hall–Kier alpha value is -3.48. The third-order valence-electron chi connectivity index (χ3n) is 4.66. The normalized spacial score (nSPS) is 11.6. The topological polar surface area (TPSA) is 78.9 Å². The number of aromatic nitrogens is 1. The van der Waals surface area contributed by atoms with Crippen molar-refractivity contribution in [1.82, 2.24) is 10.3 Å². The van der Waals surface area contributed by atoms with Crippen molar-refractivity contribution in [3.63, 3.8) is 0 Å². The lowest BCUT2D eigenvalue weighted by molar-refractivity contribution is -0.119. The van der Waals surface area contributed by atoms with Crippen LogP contribution in [-0.2, 0) is 4.79 Å². The minimum atomic E-state index is -0.492. The number of rotatable bonds is 7. The second-order valence-corrected chi connectivity index (χ2v) is 6.37. The summed E-state index contributed by atoms with van der Waals surface area (Å²) in [5.74, 6) is 2.21. The van der Waals surface area contributed by atoms with Gasteiger partial charge in [0, 0.05) is 18.5 Å². The number of hydrogen-bond acceptors (Lipinski definition) is 6. The van der Waals surface area contributed by atoms with Gasteiger partial charge in [-0.1, -0.05) is 6.07 Å². The Morgan fingerprint density at radius 2 is 1.48 bits per heavy atom. The number of fused-ring (bicyclic) bond motifs is 1. The Morgan fingerprint density at radius 1 is 0.862 bits per heavy atom. The maximum Gasteiger partial charge on any atom is 0.217 e. The highest BCUT2D eigenvalue weighted by Gasteiger charge is 2.22. The summed E-state index contributed by atoms with van der Waals surface area (Å²) in [7, 11) is 6.33. The van der Waals surface area contributed by atoms with Crippen LogP contribution in [0, 0.1) is 0 Å². The maximum atomic E-state index is 12.0. The van der Waals surface area contributed by atoms with Crippen LogP contribution in [0.1, 0.15) is 24.2 Å². The number of nitrogens with zero attached hydrogens (tertiary/aromatic N) is 1. The van der Waals surface area contributed by atoms with Crippen LogP contribution in [0.25, 0.3) is 10.8 Å². The summed E-state index contributed by atoms with van der Waals surface area (Å²) < 4.78 is 21.6. The molecule has 0 saturated heterocycles. The van der Waals surface area contributed by atoms with Crippen molar-refractivity contribution in [2.45, 2.75) is 13.0 Å². The van der Waals surface area contributed by atoms with Gasteiger partial charge in [-0.2, -0.15) is 0 Å². The zero-order valence-electron chi connectivity index (χ0n) is 17.1. The SMILES string of the molecule is COc1ccc([C@@H](NC(C)=O)c2nccc3cc(OC)c(OC)cc23)cc1OC. The van der Waals surface area contributed by atoms with E-state index < -0.39 is 6.04 Å². The van der Waals surface area contributed by atoms with Crippen LogP contribution in [-0.4, -0.2) is 39.3 Å². The number of methoxy groups -OCH3 is 4. The highest BCUT2D eigenvalue weighted by molar-refractivity contribution is 5.89. The molecule has 1 N–H and O–H groups in total. The van der Waals surface area contributed by atoms with Crippen LogP contribution in [0.2, 0.25) is 0 Å². The third kappa shape index (κ3) is 4.03. The zero-order valence-corrected chi connectivity index (χ0v) is 17.1. The minimum Gasteiger partial charge on any atom is -0.493 e. The van der Waals surface area contributed by atoms with E-state index in [-0.39, 0.29) is 5.91 Å². The number of nitrogens with one attached hydrogen (secondary N) is 1. The van der Waals surface area contributed by atoms with Gasteiger partial charge in [-0.3, -0.25) is 9.78 Å². The van der Waals surface area contributed by atoms with E-state index >= 15 is 0 Å². The molecule has 29 heavy (non-hydrogen) atoms. The van der Waals surface area contributed by atoms with E-state index in [0.717, 1.165) is 16.3 Å². The quantitative estimate of drug-likeness (QED) is 0.659. The summed E-state index contributed by atoms with van der Waals surface area (Å²) in [6.45, 7) is 1.47. The van der Waals surface area contributed by atoms with Gasteiger partial charge < -0.3 is 24.3 Å². The first-order valence-electron chi connectivity index (χ1n) is 9.02. The van der Waals surface area contributed by atoms with Gasteiger partial charge in [-0.25, -0.2) is 0 Å². The van der Waals surface area contributed by atoms with Crippen LogP contribution in [0.15, 0.2) is 42.6 Å². The molecule has 0 bridgehead atoms. The fraction of sp³-hybridized carbons (Fsp3) is 0.273. The van der Waals surface area contributed by atoms with E-state index in [9.17, 15) is 4.79 Å². The van der Waals surface area contributed by atoms with Crippen molar-refractivity contribution in [1.29, 1.82) is 0 Å². The molecule has 0 spiro atoms. The predicted molar refractivity (Wildman–Crippen MR) is 110 cm³/mol. The van der Waals surface area contributed by atoms with E-state index in [4.69, 9.17) is 18.9 Å². The average molecular weight is 396 g/mol. The van der Waals surface area contributed by atoms with Gasteiger partial charge in [-0.15, -0.1) is 0 Å². The minimum absolute atomic E-state index is 0.177. The Balaban J connectivity index is 2.22. The Bertz CT molecular complexity index is 1040. The molecule has 0 fully saturated rings. The van der Waals surface area contributed by atoms with Crippen molar-refractivity contribution in [2.24, 2.45) is 0 Å². The summed E-state index contributed by atoms with van der Waals surface area (Å²) in [5.41, 5.74) is 1.50. The molecule has 1 amide bonds. The van der Waals surface area contributed by atoms with E-state index in [0.29, 0.717) is 28.7 Å². The number of amides is 1. The summed E-state index contributed by atoms with van der Waals surface area (Å²) >= 11 is 0. The third-order valence-corrected chi connectivity index (χ3v) is 4.66. The molecule has 0 aliphatic carbocycles. The highest BCUT2D eigenvalue weighted by atomic mass is 16.5. The van der Waals surface area contributed by atoms with Gasteiger partial charge in [-0.05, 0) is 41.3 Å². The number of benzene rings is 2. The molecule has 1 atom stereocenters. The lowest BCUT2D eigenvalue weighted by atomic mass is 9.97. The summed E-state index contributed by atoms with van der Waals surface area (Å²) in [5, 5.41) is 4.76. The van der Waals surface area contributed by atoms with E-state index in [1.54, 1.807) is 40.7 Å². The van der Waals surface area contributed by atoms with Crippen molar-refractivity contribution in [3.05, 3.63) is 53.9 Å². The maximum absolute atomic E-state index is 12.0. The molecule has 1 aromatic heterocycles. The first kappa shape index (κ1) is 20.3. The lowest BCUT2D eigenvalue weighted by Crippen LogP contribution is -2.27. The van der Waals surface area contributed by atoms with Crippen molar-refractivity contribution in [3.8, 4) is 23.0 Å². The van der Waals surface area contributed by atoms with Crippen LogP contribution >= 0.6 is 0 Å². The number of carbonyl (C=O) groups is 1. The van der Waals surface area contributed by atoms with Crippen molar-refractivity contribution >= 4 is 16.7 Å². The fourth-order valence-corrected chi connectivity index (χ4v) is 3.30. The van der Waals surface area contributed by atoms with Gasteiger partial charge in [0.15, 0.2) is 23.0 Å². The van der Waals surface area contributed by atoms with Crippen molar-refractivity contribution < 1.29 is 23.7 Å². The number of ether oxygens (including phenoxy) is 4. The molecule has 0 saturated carbocycles. The molecule has 0 aliphatic rings. The molecule has 3 rings (SSSR count). The van der Waals surface area contributed by atoms with Crippen LogP contribution in [0.5, 0.6) is 23.0 Å². The summed E-state index contributed by atoms with van der Waals surface area (Å²) in [6.07, 6.45) is 1.71. The van der Waals surface area contributed by atoms with E-state index in [1.165, 1.54) is 6.92 Å². The fourth-order valence-electron chi connectivity index (χ4n) is 3.30. The molecule has 3 aromatic rings. The molecule has 7 heteroatoms. The van der Waals surface area contributed by atoms with E-state index in [2.05, 4.69) is 10.3 Å². The second-order valence-electron chi connectivity index (χ2n) is 6.37. The Kier molecular flexibility index (Phi) is 6.07. The molecule has 152 valence electrons. The monoisotopic (exact) mass is 396 g/mol. The molecule has 0 aliphatic heterocycles. The van der Waals surface area contributed by atoms with Crippen LogP contribution in [0.4, 0.5) is 0 Å². The number of hydrogen-bond donors (Lipinski definition) is 1. The largest absolute Gasteiger partial charge is 0.493 e. The molecule has 2 aromatic carbocycles. The van der Waals surface area contributed by atoms with Crippen LogP contribution in [0.3, 0.4) is 0 Å². The van der Waals surface area contributed by atoms with E-state index in [1.807, 2.05) is 30.3 Å². The van der Waals surface area contributed by atoms with Gasteiger partial charge in [0.2, 0.25) is 5.91 Å². The number of carbonyl (C=O) groups excluding carboxylic acids is 1. The molecule has 7 nitrogen and oxygen atoms in total.